The van der Waals surface area contributed by atoms with E-state index in [2.05, 4.69) is 0 Å². The van der Waals surface area contributed by atoms with Crippen molar-refractivity contribution in [3.63, 3.8) is 0 Å². The molecule has 1 unspecified atom stereocenters. The maximum absolute atomic E-state index is 12.1. The van der Waals surface area contributed by atoms with Crippen LogP contribution in [-0.2, 0) is 20.7 Å². The zero-order valence-corrected chi connectivity index (χ0v) is 12.5. The second kappa shape index (κ2) is 7.43. The Labute approximate surface area is 129 Å². The van der Waals surface area contributed by atoms with E-state index in [0.29, 0.717) is 24.6 Å². The third kappa shape index (κ3) is 4.72. The Hall–Kier alpha value is -1.59. The number of carbonyl (C=O) groups excluding carboxylic acids is 2. The van der Waals surface area contributed by atoms with Gasteiger partial charge in [0.15, 0.2) is 6.10 Å². The quantitative estimate of drug-likeness (QED) is 0.893. The molecule has 6 heteroatoms. The van der Waals surface area contributed by atoms with E-state index in [-0.39, 0.29) is 12.5 Å². The first-order valence-electron chi connectivity index (χ1n) is 6.99. The summed E-state index contributed by atoms with van der Waals surface area (Å²) < 4.78 is 5.22. The van der Waals surface area contributed by atoms with E-state index in [1.165, 1.54) is 0 Å². The van der Waals surface area contributed by atoms with Crippen molar-refractivity contribution in [1.82, 2.24) is 4.90 Å². The molecule has 0 radical (unpaired) electrons. The number of carbonyl (C=O) groups is 2. The van der Waals surface area contributed by atoms with Crippen LogP contribution in [0.3, 0.4) is 0 Å². The molecule has 1 fully saturated rings. The van der Waals surface area contributed by atoms with Crippen LogP contribution in [0.5, 0.6) is 0 Å². The smallest absolute Gasteiger partial charge is 0.248 e. The Morgan fingerprint density at radius 2 is 2.05 bits per heavy atom. The van der Waals surface area contributed by atoms with Crippen molar-refractivity contribution >= 4 is 23.4 Å². The molecule has 0 aliphatic carbocycles. The van der Waals surface area contributed by atoms with Gasteiger partial charge in [-0.15, -0.1) is 0 Å². The molecule has 0 saturated carbocycles. The Kier molecular flexibility index (Phi) is 5.59. The van der Waals surface area contributed by atoms with Gasteiger partial charge in [-0.2, -0.15) is 0 Å². The third-order valence-corrected chi connectivity index (χ3v) is 3.76. The summed E-state index contributed by atoms with van der Waals surface area (Å²) in [4.78, 5) is 24.9. The van der Waals surface area contributed by atoms with Gasteiger partial charge < -0.3 is 15.4 Å². The largest absolute Gasteiger partial charge is 0.367 e. The Morgan fingerprint density at radius 3 is 2.71 bits per heavy atom. The van der Waals surface area contributed by atoms with Crippen LogP contribution in [0.15, 0.2) is 24.3 Å². The van der Waals surface area contributed by atoms with Gasteiger partial charge in [0.2, 0.25) is 11.8 Å². The fraction of sp³-hybridized carbons (Fsp3) is 0.467. The van der Waals surface area contributed by atoms with Crippen molar-refractivity contribution in [2.75, 3.05) is 19.7 Å². The number of halogens is 1. The number of hydrogen-bond acceptors (Lipinski definition) is 3. The van der Waals surface area contributed by atoms with Gasteiger partial charge >= 0.3 is 0 Å². The molecule has 0 spiro atoms. The zero-order valence-electron chi connectivity index (χ0n) is 11.8. The van der Waals surface area contributed by atoms with Gasteiger partial charge in [-0.1, -0.05) is 23.7 Å². The molecule has 2 N–H and O–H groups in total. The van der Waals surface area contributed by atoms with Crippen LogP contribution in [0.4, 0.5) is 0 Å². The normalized spacial score (nSPS) is 18.5. The first-order valence-corrected chi connectivity index (χ1v) is 7.37. The van der Waals surface area contributed by atoms with Gasteiger partial charge in [-0.05, 0) is 30.5 Å². The van der Waals surface area contributed by atoms with Crippen LogP contribution in [-0.4, -0.2) is 42.5 Å². The van der Waals surface area contributed by atoms with Gasteiger partial charge in [0.05, 0.1) is 13.2 Å². The van der Waals surface area contributed by atoms with Crippen LogP contribution in [0, 0.1) is 0 Å². The van der Waals surface area contributed by atoms with E-state index in [0.717, 1.165) is 18.4 Å². The van der Waals surface area contributed by atoms with E-state index >= 15 is 0 Å². The van der Waals surface area contributed by atoms with Crippen LogP contribution in [0.25, 0.3) is 0 Å². The minimum atomic E-state index is -0.682. The molecule has 2 amide bonds. The second-order valence-corrected chi connectivity index (χ2v) is 5.52. The van der Waals surface area contributed by atoms with Crippen LogP contribution < -0.4 is 5.73 Å². The molecule has 1 aromatic rings. The summed E-state index contributed by atoms with van der Waals surface area (Å²) in [5.41, 5.74) is 6.36. The number of nitrogens with two attached hydrogens (primary N) is 1. The highest BCUT2D eigenvalue weighted by atomic mass is 35.5. The minimum absolute atomic E-state index is 0.0403. The monoisotopic (exact) mass is 310 g/mol. The lowest BCUT2D eigenvalue weighted by molar-refractivity contribution is -0.145. The van der Waals surface area contributed by atoms with E-state index in [9.17, 15) is 9.59 Å². The topological polar surface area (TPSA) is 72.6 Å². The minimum Gasteiger partial charge on any atom is -0.367 e. The molecule has 1 atom stereocenters. The highest BCUT2D eigenvalue weighted by Crippen LogP contribution is 2.13. The molecule has 114 valence electrons. The molecule has 1 aliphatic rings. The van der Waals surface area contributed by atoms with Crippen molar-refractivity contribution in [2.45, 2.75) is 25.4 Å². The summed E-state index contributed by atoms with van der Waals surface area (Å²) in [6.07, 6.45) is 1.36. The number of aryl methyl sites for hydroxylation is 1. The van der Waals surface area contributed by atoms with Crippen LogP contribution in [0.2, 0.25) is 5.02 Å². The summed E-state index contributed by atoms with van der Waals surface area (Å²) in [6.45, 7) is 1.13. The molecule has 1 heterocycles. The lowest BCUT2D eigenvalue weighted by Crippen LogP contribution is -2.50. The average Bonchev–Trinajstić information content (AvgIpc) is 2.49. The molecule has 21 heavy (non-hydrogen) atoms. The maximum atomic E-state index is 12.1. The predicted molar refractivity (Wildman–Crippen MR) is 79.9 cm³/mol. The SMILES string of the molecule is NC(=O)C1CN(C(=O)CCCc2ccc(Cl)cc2)CCO1. The molecule has 2 rings (SSSR count). The first-order chi connectivity index (χ1) is 10.1. The first kappa shape index (κ1) is 15.8. The predicted octanol–water partition coefficient (Wildman–Crippen LogP) is 1.38. The van der Waals surface area contributed by atoms with Crippen molar-refractivity contribution in [3.05, 3.63) is 34.9 Å². The summed E-state index contributed by atoms with van der Waals surface area (Å²) in [5.74, 6) is -0.479. The van der Waals surface area contributed by atoms with Crippen molar-refractivity contribution in [2.24, 2.45) is 5.73 Å². The Morgan fingerprint density at radius 1 is 1.33 bits per heavy atom. The third-order valence-electron chi connectivity index (χ3n) is 3.51. The number of morpholine rings is 1. The average molecular weight is 311 g/mol. The van der Waals surface area contributed by atoms with Gasteiger partial charge in [0.1, 0.15) is 0 Å². The fourth-order valence-electron chi connectivity index (χ4n) is 2.30. The van der Waals surface area contributed by atoms with Gasteiger partial charge in [-0.3, -0.25) is 9.59 Å². The zero-order chi connectivity index (χ0) is 15.2. The number of primary amides is 1. The highest BCUT2D eigenvalue weighted by Gasteiger charge is 2.27. The summed E-state index contributed by atoms with van der Waals surface area (Å²) >= 11 is 5.83. The number of hydrogen-bond donors (Lipinski definition) is 1. The molecular formula is C15H19ClN2O3. The Balaban J connectivity index is 1.76. The highest BCUT2D eigenvalue weighted by molar-refractivity contribution is 6.30. The molecule has 0 aromatic heterocycles. The van der Waals surface area contributed by atoms with E-state index in [4.69, 9.17) is 22.1 Å². The number of rotatable bonds is 5. The van der Waals surface area contributed by atoms with E-state index < -0.39 is 12.0 Å². The van der Waals surface area contributed by atoms with Gasteiger partial charge in [0.25, 0.3) is 0 Å². The number of amides is 2. The summed E-state index contributed by atoms with van der Waals surface area (Å²) in [5, 5.41) is 0.709. The van der Waals surface area contributed by atoms with Crippen molar-refractivity contribution in [1.29, 1.82) is 0 Å². The molecule has 1 saturated heterocycles. The van der Waals surface area contributed by atoms with Crippen LogP contribution >= 0.6 is 11.6 Å². The standard InChI is InChI=1S/C15H19ClN2O3/c16-12-6-4-11(5-7-12)2-1-3-14(19)18-8-9-21-13(10-18)15(17)20/h4-7,13H,1-3,8-10H2,(H2,17,20). The van der Waals surface area contributed by atoms with Gasteiger partial charge in [0, 0.05) is 18.0 Å². The number of nitrogens with zero attached hydrogens (tertiary/aromatic N) is 1. The van der Waals surface area contributed by atoms with Gasteiger partial charge in [-0.25, -0.2) is 0 Å². The number of benzene rings is 1. The van der Waals surface area contributed by atoms with Crippen molar-refractivity contribution < 1.29 is 14.3 Å². The summed E-state index contributed by atoms with van der Waals surface area (Å²) in [6, 6.07) is 7.62. The Bertz CT molecular complexity index is 504. The maximum Gasteiger partial charge on any atom is 0.248 e. The summed E-state index contributed by atoms with van der Waals surface area (Å²) in [7, 11) is 0. The fourth-order valence-corrected chi connectivity index (χ4v) is 2.43. The van der Waals surface area contributed by atoms with Crippen LogP contribution in [0.1, 0.15) is 18.4 Å². The molecule has 0 bridgehead atoms. The molecule has 1 aromatic carbocycles. The molecule has 5 nitrogen and oxygen atoms in total. The molecule has 1 aliphatic heterocycles. The van der Waals surface area contributed by atoms with E-state index in [1.54, 1.807) is 4.90 Å². The lowest BCUT2D eigenvalue weighted by Gasteiger charge is -2.31. The molecular weight excluding hydrogens is 292 g/mol. The second-order valence-electron chi connectivity index (χ2n) is 5.08. The number of ether oxygens (including phenoxy) is 1. The lowest BCUT2D eigenvalue weighted by atomic mass is 10.1. The van der Waals surface area contributed by atoms with Crippen molar-refractivity contribution in [3.8, 4) is 0 Å². The van der Waals surface area contributed by atoms with E-state index in [1.807, 2.05) is 24.3 Å².